The Bertz CT molecular complexity index is 414. The minimum Gasteiger partial charge on any atom is -0.373 e. The molecule has 1 aliphatic rings. The lowest BCUT2D eigenvalue weighted by Crippen LogP contribution is -2.28. The van der Waals surface area contributed by atoms with Crippen molar-refractivity contribution in [3.8, 4) is 0 Å². The predicted molar refractivity (Wildman–Crippen MR) is 73.0 cm³/mol. The zero-order chi connectivity index (χ0) is 13.0. The van der Waals surface area contributed by atoms with E-state index in [4.69, 9.17) is 4.74 Å². The normalized spacial score (nSPS) is 18.7. The molecule has 0 radical (unpaired) electrons. The fourth-order valence-corrected chi connectivity index (χ4v) is 2.08. The Hall–Kier alpha value is -1.55. The minimum absolute atomic E-state index is 0.0375. The molecule has 1 saturated heterocycles. The third kappa shape index (κ3) is 2.82. The molecule has 1 aromatic carbocycles. The Morgan fingerprint density at radius 2 is 2.28 bits per heavy atom. The van der Waals surface area contributed by atoms with Crippen LogP contribution in [0.5, 0.6) is 0 Å². The highest BCUT2D eigenvalue weighted by Gasteiger charge is 2.24. The number of hydrogen-bond acceptors (Lipinski definition) is 3. The quantitative estimate of drug-likeness (QED) is 0.888. The molecule has 0 spiro atoms. The van der Waals surface area contributed by atoms with E-state index in [2.05, 4.69) is 17.1 Å². The van der Waals surface area contributed by atoms with Crippen molar-refractivity contribution in [1.29, 1.82) is 0 Å². The molecule has 0 aromatic heterocycles. The second-order valence-electron chi connectivity index (χ2n) is 4.52. The molecule has 0 unspecified atom stereocenters. The van der Waals surface area contributed by atoms with Crippen LogP contribution in [0.3, 0.4) is 0 Å². The second-order valence-corrected chi connectivity index (χ2v) is 4.52. The van der Waals surface area contributed by atoms with Crippen LogP contribution in [0.4, 0.5) is 11.4 Å². The summed E-state index contributed by atoms with van der Waals surface area (Å²) in [5.41, 5.74) is 1.88. The van der Waals surface area contributed by atoms with Crippen LogP contribution in [0.1, 0.15) is 19.8 Å². The summed E-state index contributed by atoms with van der Waals surface area (Å²) in [5.74, 6) is -0.0375. The molecule has 1 heterocycles. The molecule has 4 nitrogen and oxygen atoms in total. The molecule has 1 N–H and O–H groups in total. The van der Waals surface area contributed by atoms with Crippen LogP contribution in [-0.4, -0.2) is 32.2 Å². The fraction of sp³-hybridized carbons (Fsp3) is 0.500. The summed E-state index contributed by atoms with van der Waals surface area (Å²) in [6, 6.07) is 7.84. The molecule has 0 bridgehead atoms. The van der Waals surface area contributed by atoms with E-state index in [0.29, 0.717) is 6.61 Å². The lowest BCUT2D eigenvalue weighted by Gasteiger charge is -2.21. The van der Waals surface area contributed by atoms with Gasteiger partial charge in [0.2, 0.25) is 0 Å². The number of amides is 1. The monoisotopic (exact) mass is 248 g/mol. The maximum Gasteiger partial charge on any atom is 0.253 e. The molecule has 18 heavy (non-hydrogen) atoms. The van der Waals surface area contributed by atoms with Crippen molar-refractivity contribution in [2.45, 2.75) is 25.9 Å². The van der Waals surface area contributed by atoms with Crippen molar-refractivity contribution < 1.29 is 9.53 Å². The van der Waals surface area contributed by atoms with Gasteiger partial charge < -0.3 is 15.0 Å². The summed E-state index contributed by atoms with van der Waals surface area (Å²) >= 11 is 0. The molecule has 1 aliphatic heterocycles. The highest BCUT2D eigenvalue weighted by molar-refractivity contribution is 5.97. The molecule has 1 aromatic rings. The van der Waals surface area contributed by atoms with Crippen molar-refractivity contribution in [2.24, 2.45) is 0 Å². The van der Waals surface area contributed by atoms with Crippen molar-refractivity contribution in [2.75, 3.05) is 30.4 Å². The van der Waals surface area contributed by atoms with E-state index >= 15 is 0 Å². The van der Waals surface area contributed by atoms with Gasteiger partial charge in [0.25, 0.3) is 5.91 Å². The fourth-order valence-electron chi connectivity index (χ4n) is 2.08. The van der Waals surface area contributed by atoms with E-state index in [1.807, 2.05) is 31.3 Å². The summed E-state index contributed by atoms with van der Waals surface area (Å²) in [6.45, 7) is 3.67. The Labute approximate surface area is 108 Å². The summed E-state index contributed by atoms with van der Waals surface area (Å²) in [6.07, 6.45) is 1.50. The van der Waals surface area contributed by atoms with Gasteiger partial charge in [-0.1, -0.05) is 12.1 Å². The van der Waals surface area contributed by atoms with Crippen LogP contribution in [0, 0.1) is 0 Å². The highest BCUT2D eigenvalue weighted by Crippen LogP contribution is 2.25. The molecule has 98 valence electrons. The van der Waals surface area contributed by atoms with Crippen LogP contribution in [-0.2, 0) is 9.53 Å². The maximum absolute atomic E-state index is 12.0. The van der Waals surface area contributed by atoms with Crippen molar-refractivity contribution in [3.63, 3.8) is 0 Å². The number of benzene rings is 1. The van der Waals surface area contributed by atoms with Gasteiger partial charge in [-0.05, 0) is 31.9 Å². The van der Waals surface area contributed by atoms with Gasteiger partial charge in [-0.15, -0.1) is 0 Å². The van der Waals surface area contributed by atoms with Crippen LogP contribution in [0.2, 0.25) is 0 Å². The highest BCUT2D eigenvalue weighted by atomic mass is 16.5. The first-order valence-corrected chi connectivity index (χ1v) is 6.45. The first-order chi connectivity index (χ1) is 8.72. The third-order valence-corrected chi connectivity index (χ3v) is 3.27. The van der Waals surface area contributed by atoms with E-state index in [0.717, 1.165) is 30.8 Å². The van der Waals surface area contributed by atoms with E-state index in [1.54, 1.807) is 0 Å². The SMILES string of the molecule is CCN(C)c1ccccc1NC(=O)[C@H]1CCCO1. The van der Waals surface area contributed by atoms with Crippen LogP contribution in [0.15, 0.2) is 24.3 Å². The van der Waals surface area contributed by atoms with E-state index < -0.39 is 0 Å². The van der Waals surface area contributed by atoms with E-state index in [-0.39, 0.29) is 12.0 Å². The smallest absolute Gasteiger partial charge is 0.253 e. The molecule has 1 atom stereocenters. The zero-order valence-electron chi connectivity index (χ0n) is 11.0. The number of para-hydroxylation sites is 2. The van der Waals surface area contributed by atoms with Gasteiger partial charge in [-0.2, -0.15) is 0 Å². The number of anilines is 2. The number of rotatable bonds is 4. The topological polar surface area (TPSA) is 41.6 Å². The van der Waals surface area contributed by atoms with Gasteiger partial charge in [0.15, 0.2) is 0 Å². The standard InChI is InChI=1S/C14H20N2O2/c1-3-16(2)12-8-5-4-7-11(12)15-14(17)13-9-6-10-18-13/h4-5,7-8,13H,3,6,9-10H2,1-2H3,(H,15,17)/t13-/m1/s1. The number of ether oxygens (including phenoxy) is 1. The molecule has 0 aliphatic carbocycles. The van der Waals surface area contributed by atoms with Gasteiger partial charge in [-0.3, -0.25) is 4.79 Å². The minimum atomic E-state index is -0.287. The second kappa shape index (κ2) is 5.87. The number of nitrogens with zero attached hydrogens (tertiary/aromatic N) is 1. The van der Waals surface area contributed by atoms with Gasteiger partial charge in [0.05, 0.1) is 11.4 Å². The molecular weight excluding hydrogens is 228 g/mol. The van der Waals surface area contributed by atoms with Crippen LogP contribution < -0.4 is 10.2 Å². The van der Waals surface area contributed by atoms with Crippen LogP contribution >= 0.6 is 0 Å². The average molecular weight is 248 g/mol. The Morgan fingerprint density at radius 3 is 2.94 bits per heavy atom. The largest absolute Gasteiger partial charge is 0.373 e. The summed E-state index contributed by atoms with van der Waals surface area (Å²) in [5, 5.41) is 2.96. The van der Waals surface area contributed by atoms with E-state index in [9.17, 15) is 4.79 Å². The van der Waals surface area contributed by atoms with Gasteiger partial charge in [0, 0.05) is 20.2 Å². The maximum atomic E-state index is 12.0. The van der Waals surface area contributed by atoms with Crippen molar-refractivity contribution >= 4 is 17.3 Å². The molecule has 1 fully saturated rings. The summed E-state index contributed by atoms with van der Waals surface area (Å²) in [7, 11) is 2.01. The van der Waals surface area contributed by atoms with Gasteiger partial charge >= 0.3 is 0 Å². The number of hydrogen-bond donors (Lipinski definition) is 1. The summed E-state index contributed by atoms with van der Waals surface area (Å²) < 4.78 is 5.39. The molecular formula is C14H20N2O2. The lowest BCUT2D eigenvalue weighted by molar-refractivity contribution is -0.124. The number of carbonyl (C=O) groups is 1. The third-order valence-electron chi connectivity index (χ3n) is 3.27. The Balaban J connectivity index is 2.10. The van der Waals surface area contributed by atoms with Crippen molar-refractivity contribution in [3.05, 3.63) is 24.3 Å². The first-order valence-electron chi connectivity index (χ1n) is 6.45. The molecule has 4 heteroatoms. The zero-order valence-corrected chi connectivity index (χ0v) is 11.0. The lowest BCUT2D eigenvalue weighted by atomic mass is 10.2. The Morgan fingerprint density at radius 1 is 1.50 bits per heavy atom. The molecule has 1 amide bonds. The summed E-state index contributed by atoms with van der Waals surface area (Å²) in [4.78, 5) is 14.1. The van der Waals surface area contributed by atoms with Crippen molar-refractivity contribution in [1.82, 2.24) is 0 Å². The number of nitrogens with one attached hydrogen (secondary N) is 1. The van der Waals surface area contributed by atoms with Gasteiger partial charge in [-0.25, -0.2) is 0 Å². The van der Waals surface area contributed by atoms with Gasteiger partial charge in [0.1, 0.15) is 6.10 Å². The first kappa shape index (κ1) is 12.9. The Kier molecular flexibility index (Phi) is 4.20. The molecule has 2 rings (SSSR count). The van der Waals surface area contributed by atoms with E-state index in [1.165, 1.54) is 0 Å². The number of carbonyl (C=O) groups excluding carboxylic acids is 1. The van der Waals surface area contributed by atoms with Crippen LogP contribution in [0.25, 0.3) is 0 Å². The molecule has 0 saturated carbocycles. The average Bonchev–Trinajstić information content (AvgIpc) is 2.92. The predicted octanol–water partition coefficient (Wildman–Crippen LogP) is 2.26.